The van der Waals surface area contributed by atoms with E-state index in [1.165, 1.54) is 17.5 Å². The summed E-state index contributed by atoms with van der Waals surface area (Å²) in [5.41, 5.74) is 3.97. The molecule has 31 heavy (non-hydrogen) atoms. The third-order valence-corrected chi connectivity index (χ3v) is 5.70. The largest absolute Gasteiger partial charge is 0.456 e. The number of rotatable bonds is 7. The van der Waals surface area contributed by atoms with E-state index in [-0.39, 0.29) is 31.3 Å². The molecule has 1 aliphatic carbocycles. The van der Waals surface area contributed by atoms with Crippen LogP contribution in [0.5, 0.6) is 0 Å². The van der Waals surface area contributed by atoms with Gasteiger partial charge < -0.3 is 10.1 Å². The maximum atomic E-state index is 12.4. The maximum Gasteiger partial charge on any atom is 0.325 e. The Morgan fingerprint density at radius 1 is 0.871 bits per heavy atom. The number of ketones is 1. The van der Waals surface area contributed by atoms with E-state index in [4.69, 9.17) is 4.74 Å². The van der Waals surface area contributed by atoms with Gasteiger partial charge in [0.2, 0.25) is 5.91 Å². The second-order valence-electron chi connectivity index (χ2n) is 7.87. The van der Waals surface area contributed by atoms with Crippen molar-refractivity contribution in [1.29, 1.82) is 0 Å². The van der Waals surface area contributed by atoms with Gasteiger partial charge in [0.15, 0.2) is 12.4 Å². The molecule has 5 nitrogen and oxygen atoms in total. The van der Waals surface area contributed by atoms with Crippen molar-refractivity contribution in [2.75, 3.05) is 13.2 Å². The first-order chi connectivity index (χ1) is 15.1. The number of carbonyl (C=O) groups is 3. The summed E-state index contributed by atoms with van der Waals surface area (Å²) in [5, 5.41) is 4.65. The van der Waals surface area contributed by atoms with Crippen LogP contribution >= 0.6 is 0 Å². The summed E-state index contributed by atoms with van der Waals surface area (Å²) in [6, 6.07) is 19.4. The monoisotopic (exact) mass is 415 g/mol. The number of nitrogens with one attached hydrogen (secondary N) is 1. The van der Waals surface area contributed by atoms with E-state index in [0.717, 1.165) is 35.6 Å². The molecule has 5 heteroatoms. The van der Waals surface area contributed by atoms with Gasteiger partial charge in [0.1, 0.15) is 6.54 Å². The van der Waals surface area contributed by atoms with Gasteiger partial charge in [0, 0.05) is 5.56 Å². The highest BCUT2D eigenvalue weighted by atomic mass is 16.5. The van der Waals surface area contributed by atoms with Crippen molar-refractivity contribution in [3.63, 3.8) is 0 Å². The number of benzene rings is 3. The highest BCUT2D eigenvalue weighted by Crippen LogP contribution is 2.22. The standard InChI is InChI=1S/C26H25NO4/c28-24(22-13-12-18-6-1-2-8-20(18)14-22)17-31-26(30)16-27-25(29)15-21-10-5-9-19-7-3-4-11-23(19)21/h3-5,7,9-14H,1-2,6,8,15-17H2,(H,27,29). The van der Waals surface area contributed by atoms with Gasteiger partial charge in [-0.3, -0.25) is 14.4 Å². The smallest absolute Gasteiger partial charge is 0.325 e. The minimum absolute atomic E-state index is 0.169. The number of hydrogen-bond acceptors (Lipinski definition) is 4. The highest BCUT2D eigenvalue weighted by Gasteiger charge is 2.15. The number of aryl methyl sites for hydroxylation is 2. The van der Waals surface area contributed by atoms with Crippen LogP contribution in [0.4, 0.5) is 0 Å². The number of esters is 1. The molecule has 3 aromatic carbocycles. The minimum atomic E-state index is -0.627. The Kier molecular flexibility index (Phi) is 6.41. The Morgan fingerprint density at radius 3 is 2.52 bits per heavy atom. The van der Waals surface area contributed by atoms with Crippen LogP contribution in [0.15, 0.2) is 60.7 Å². The first-order valence-electron chi connectivity index (χ1n) is 10.6. The van der Waals surface area contributed by atoms with E-state index in [2.05, 4.69) is 5.32 Å². The minimum Gasteiger partial charge on any atom is -0.456 e. The number of carbonyl (C=O) groups excluding carboxylic acids is 3. The van der Waals surface area contributed by atoms with E-state index in [9.17, 15) is 14.4 Å². The van der Waals surface area contributed by atoms with Crippen LogP contribution in [0.1, 0.15) is 39.9 Å². The molecule has 0 aromatic heterocycles. The molecule has 158 valence electrons. The lowest BCUT2D eigenvalue weighted by Crippen LogP contribution is -2.32. The fourth-order valence-electron chi connectivity index (χ4n) is 4.04. The number of ether oxygens (including phenoxy) is 1. The topological polar surface area (TPSA) is 72.5 Å². The molecule has 0 saturated carbocycles. The third-order valence-electron chi connectivity index (χ3n) is 5.70. The van der Waals surface area contributed by atoms with Gasteiger partial charge in [-0.25, -0.2) is 0 Å². The number of Topliss-reactive ketones (excluding diaryl/α,β-unsaturated/α-hetero) is 1. The van der Waals surface area contributed by atoms with Crippen molar-refractivity contribution in [3.05, 3.63) is 82.9 Å². The van der Waals surface area contributed by atoms with Crippen LogP contribution in [0.3, 0.4) is 0 Å². The van der Waals surface area contributed by atoms with Gasteiger partial charge in [-0.05, 0) is 59.2 Å². The van der Waals surface area contributed by atoms with Gasteiger partial charge in [0.05, 0.1) is 6.42 Å². The van der Waals surface area contributed by atoms with Gasteiger partial charge >= 0.3 is 5.97 Å². The molecule has 0 aliphatic heterocycles. The quantitative estimate of drug-likeness (QED) is 0.471. The van der Waals surface area contributed by atoms with E-state index in [0.29, 0.717) is 5.56 Å². The Bertz CT molecular complexity index is 1130. The molecule has 0 atom stereocenters. The summed E-state index contributed by atoms with van der Waals surface area (Å²) in [5.74, 6) is -1.13. The summed E-state index contributed by atoms with van der Waals surface area (Å²) in [6.07, 6.45) is 4.53. The highest BCUT2D eigenvalue weighted by molar-refractivity contribution is 5.98. The predicted molar refractivity (Wildman–Crippen MR) is 119 cm³/mol. The molecule has 0 saturated heterocycles. The first kappa shape index (κ1) is 20.8. The van der Waals surface area contributed by atoms with Crippen LogP contribution in [0, 0.1) is 0 Å². The van der Waals surface area contributed by atoms with Crippen LogP contribution in [-0.2, 0) is 33.6 Å². The Labute approximate surface area is 181 Å². The van der Waals surface area contributed by atoms with Gasteiger partial charge in [0.25, 0.3) is 0 Å². The number of amides is 1. The average molecular weight is 415 g/mol. The number of hydrogen-bond donors (Lipinski definition) is 1. The van der Waals surface area contributed by atoms with E-state index >= 15 is 0 Å². The van der Waals surface area contributed by atoms with Crippen molar-refractivity contribution in [3.8, 4) is 0 Å². The van der Waals surface area contributed by atoms with Gasteiger partial charge in [-0.1, -0.05) is 54.6 Å². The second-order valence-corrected chi connectivity index (χ2v) is 7.87. The zero-order valence-electron chi connectivity index (χ0n) is 17.4. The van der Waals surface area contributed by atoms with E-state index in [1.807, 2.05) is 54.6 Å². The zero-order chi connectivity index (χ0) is 21.6. The summed E-state index contributed by atoms with van der Waals surface area (Å²) in [7, 11) is 0. The maximum absolute atomic E-state index is 12.4. The normalized spacial score (nSPS) is 12.8. The molecular weight excluding hydrogens is 390 g/mol. The lowest BCUT2D eigenvalue weighted by Gasteiger charge is -2.16. The first-order valence-corrected chi connectivity index (χ1v) is 10.6. The molecule has 0 radical (unpaired) electrons. The lowest BCUT2D eigenvalue weighted by molar-refractivity contribution is -0.142. The lowest BCUT2D eigenvalue weighted by atomic mass is 9.90. The molecule has 1 amide bonds. The molecule has 0 unspecified atom stereocenters. The molecule has 3 aromatic rings. The van der Waals surface area contributed by atoms with Crippen LogP contribution in [-0.4, -0.2) is 30.8 Å². The fourth-order valence-corrected chi connectivity index (χ4v) is 4.04. The molecule has 0 spiro atoms. The van der Waals surface area contributed by atoms with Gasteiger partial charge in [-0.2, -0.15) is 0 Å². The van der Waals surface area contributed by atoms with Crippen molar-refractivity contribution >= 4 is 28.4 Å². The molecule has 0 bridgehead atoms. The average Bonchev–Trinajstić information content (AvgIpc) is 2.81. The van der Waals surface area contributed by atoms with Crippen molar-refractivity contribution in [2.45, 2.75) is 32.1 Å². The summed E-state index contributed by atoms with van der Waals surface area (Å²) < 4.78 is 5.07. The molecule has 1 aliphatic rings. The SMILES string of the molecule is O=C(Cc1cccc2ccccc12)NCC(=O)OCC(=O)c1ccc2c(c1)CCCC2. The number of fused-ring (bicyclic) bond motifs is 2. The summed E-state index contributed by atoms with van der Waals surface area (Å²) in [4.78, 5) is 36.6. The van der Waals surface area contributed by atoms with Crippen molar-refractivity contribution < 1.29 is 19.1 Å². The Morgan fingerprint density at radius 2 is 1.65 bits per heavy atom. The molecule has 0 heterocycles. The summed E-state index contributed by atoms with van der Waals surface area (Å²) in [6.45, 7) is -0.585. The Balaban J connectivity index is 1.25. The van der Waals surface area contributed by atoms with Crippen LogP contribution < -0.4 is 5.32 Å². The Hall–Kier alpha value is -3.47. The van der Waals surface area contributed by atoms with Gasteiger partial charge in [-0.15, -0.1) is 0 Å². The van der Waals surface area contributed by atoms with E-state index in [1.54, 1.807) is 6.07 Å². The van der Waals surface area contributed by atoms with E-state index < -0.39 is 5.97 Å². The van der Waals surface area contributed by atoms with Crippen molar-refractivity contribution in [1.82, 2.24) is 5.32 Å². The molecular formula is C26H25NO4. The zero-order valence-corrected chi connectivity index (χ0v) is 17.4. The van der Waals surface area contributed by atoms with Crippen LogP contribution in [0.25, 0.3) is 10.8 Å². The van der Waals surface area contributed by atoms with Crippen molar-refractivity contribution in [2.24, 2.45) is 0 Å². The second kappa shape index (κ2) is 9.56. The summed E-state index contributed by atoms with van der Waals surface area (Å²) >= 11 is 0. The molecule has 1 N–H and O–H groups in total. The fraction of sp³-hybridized carbons (Fsp3) is 0.269. The molecule has 0 fully saturated rings. The third kappa shape index (κ3) is 5.18. The molecule has 4 rings (SSSR count). The predicted octanol–water partition coefficient (Wildman–Crippen LogP) is 3.80. The van der Waals surface area contributed by atoms with Crippen LogP contribution in [0.2, 0.25) is 0 Å².